The van der Waals surface area contributed by atoms with Gasteiger partial charge in [0, 0.05) is 37.8 Å². The van der Waals surface area contributed by atoms with Gasteiger partial charge >= 0.3 is 5.97 Å². The summed E-state index contributed by atoms with van der Waals surface area (Å²) in [6.07, 6.45) is 0. The van der Waals surface area contributed by atoms with Crippen molar-refractivity contribution in [2.24, 2.45) is 0 Å². The summed E-state index contributed by atoms with van der Waals surface area (Å²) < 4.78 is 5.34. The van der Waals surface area contributed by atoms with E-state index in [1.165, 1.54) is 0 Å². The number of methoxy groups -OCH3 is 1. The summed E-state index contributed by atoms with van der Waals surface area (Å²) in [6.45, 7) is 5.93. The van der Waals surface area contributed by atoms with E-state index in [0.29, 0.717) is 11.6 Å². The minimum atomic E-state index is -0.902. The fraction of sp³-hybridized carbons (Fsp3) is 0.533. The van der Waals surface area contributed by atoms with Crippen LogP contribution in [-0.2, 0) is 6.54 Å². The van der Waals surface area contributed by atoms with Crippen LogP contribution in [0.4, 0.5) is 0 Å². The lowest BCUT2D eigenvalue weighted by atomic mass is 10.1. The standard InChI is InChI=1S/C15H22N2O3/c1-11-9-17(7-6-16(11)2)10-13-8-12(15(18)19)4-5-14(13)20-3/h4-5,8,11H,6-7,9-10H2,1-3H3,(H,18,19). The normalized spacial score (nSPS) is 20.9. The van der Waals surface area contributed by atoms with E-state index >= 15 is 0 Å². The Kier molecular flexibility index (Phi) is 4.62. The minimum absolute atomic E-state index is 0.308. The van der Waals surface area contributed by atoms with Gasteiger partial charge in [-0.05, 0) is 32.2 Å². The number of piperazine rings is 1. The number of benzene rings is 1. The zero-order chi connectivity index (χ0) is 14.7. The highest BCUT2D eigenvalue weighted by molar-refractivity contribution is 5.88. The van der Waals surface area contributed by atoms with Gasteiger partial charge in [0.25, 0.3) is 0 Å². The molecule has 0 bridgehead atoms. The van der Waals surface area contributed by atoms with Gasteiger partial charge in [0.1, 0.15) is 5.75 Å². The van der Waals surface area contributed by atoms with Crippen molar-refractivity contribution in [1.29, 1.82) is 0 Å². The van der Waals surface area contributed by atoms with Crippen LogP contribution in [0, 0.1) is 0 Å². The Morgan fingerprint density at radius 2 is 2.20 bits per heavy atom. The lowest BCUT2D eigenvalue weighted by Crippen LogP contribution is -2.49. The summed E-state index contributed by atoms with van der Waals surface area (Å²) in [5.41, 5.74) is 1.24. The van der Waals surface area contributed by atoms with E-state index in [1.807, 2.05) is 0 Å². The Bertz CT molecular complexity index is 490. The molecule has 1 fully saturated rings. The first-order chi connectivity index (χ1) is 9.51. The minimum Gasteiger partial charge on any atom is -0.496 e. The van der Waals surface area contributed by atoms with Crippen molar-refractivity contribution >= 4 is 5.97 Å². The maximum Gasteiger partial charge on any atom is 0.335 e. The summed E-state index contributed by atoms with van der Waals surface area (Å²) >= 11 is 0. The lowest BCUT2D eigenvalue weighted by molar-refractivity contribution is 0.0696. The van der Waals surface area contributed by atoms with E-state index in [9.17, 15) is 4.79 Å². The van der Waals surface area contributed by atoms with Gasteiger partial charge in [-0.15, -0.1) is 0 Å². The molecule has 20 heavy (non-hydrogen) atoms. The van der Waals surface area contributed by atoms with Crippen LogP contribution >= 0.6 is 0 Å². The number of rotatable bonds is 4. The van der Waals surface area contributed by atoms with Crippen LogP contribution in [0.2, 0.25) is 0 Å². The first-order valence-corrected chi connectivity index (χ1v) is 6.84. The number of nitrogens with zero attached hydrogens (tertiary/aromatic N) is 2. The topological polar surface area (TPSA) is 53.0 Å². The zero-order valence-corrected chi connectivity index (χ0v) is 12.3. The van der Waals surface area contributed by atoms with Gasteiger partial charge in [0.15, 0.2) is 0 Å². The van der Waals surface area contributed by atoms with Gasteiger partial charge in [-0.1, -0.05) is 0 Å². The van der Waals surface area contributed by atoms with Crippen molar-refractivity contribution in [2.75, 3.05) is 33.8 Å². The molecule has 1 aromatic rings. The Morgan fingerprint density at radius 1 is 1.45 bits per heavy atom. The number of carboxylic acid groups (broad SMARTS) is 1. The third-order valence-electron chi connectivity index (χ3n) is 3.97. The quantitative estimate of drug-likeness (QED) is 0.905. The van der Waals surface area contributed by atoms with Crippen molar-refractivity contribution in [3.63, 3.8) is 0 Å². The van der Waals surface area contributed by atoms with Crippen LogP contribution in [0.5, 0.6) is 5.75 Å². The highest BCUT2D eigenvalue weighted by Crippen LogP contribution is 2.23. The molecule has 0 aromatic heterocycles. The number of ether oxygens (including phenoxy) is 1. The molecule has 5 heteroatoms. The molecule has 1 N–H and O–H groups in total. The number of hydrogen-bond donors (Lipinski definition) is 1. The average molecular weight is 278 g/mol. The highest BCUT2D eigenvalue weighted by atomic mass is 16.5. The van der Waals surface area contributed by atoms with Crippen LogP contribution in [0.25, 0.3) is 0 Å². The third-order valence-corrected chi connectivity index (χ3v) is 3.97. The molecule has 2 rings (SSSR count). The predicted molar refractivity (Wildman–Crippen MR) is 77.3 cm³/mol. The van der Waals surface area contributed by atoms with Crippen LogP contribution in [0.15, 0.2) is 18.2 Å². The average Bonchev–Trinajstić information content (AvgIpc) is 2.42. The lowest BCUT2D eigenvalue weighted by Gasteiger charge is -2.37. The van der Waals surface area contributed by atoms with E-state index in [0.717, 1.165) is 37.5 Å². The summed E-state index contributed by atoms with van der Waals surface area (Å²) in [7, 11) is 3.75. The third kappa shape index (κ3) is 3.29. The summed E-state index contributed by atoms with van der Waals surface area (Å²) in [6, 6.07) is 5.54. The van der Waals surface area contributed by atoms with Crippen LogP contribution < -0.4 is 4.74 Å². The molecule has 0 spiro atoms. The van der Waals surface area contributed by atoms with Gasteiger partial charge in [0.05, 0.1) is 12.7 Å². The molecule has 110 valence electrons. The molecule has 5 nitrogen and oxygen atoms in total. The van der Waals surface area contributed by atoms with Gasteiger partial charge in [-0.3, -0.25) is 4.90 Å². The van der Waals surface area contributed by atoms with Gasteiger partial charge in [-0.2, -0.15) is 0 Å². The Morgan fingerprint density at radius 3 is 2.80 bits per heavy atom. The van der Waals surface area contributed by atoms with E-state index in [2.05, 4.69) is 23.8 Å². The number of aromatic carboxylic acids is 1. The van der Waals surface area contributed by atoms with Crippen molar-refractivity contribution in [1.82, 2.24) is 9.80 Å². The fourth-order valence-corrected chi connectivity index (χ4v) is 2.54. The molecule has 0 saturated carbocycles. The summed E-state index contributed by atoms with van der Waals surface area (Å²) in [5.74, 6) is -0.151. The second-order valence-corrected chi connectivity index (χ2v) is 5.40. The monoisotopic (exact) mass is 278 g/mol. The molecule has 1 unspecified atom stereocenters. The van der Waals surface area contributed by atoms with E-state index in [4.69, 9.17) is 9.84 Å². The fourth-order valence-electron chi connectivity index (χ4n) is 2.54. The van der Waals surface area contributed by atoms with Crippen LogP contribution in [0.3, 0.4) is 0 Å². The molecule has 0 amide bonds. The molecule has 1 heterocycles. The second-order valence-electron chi connectivity index (χ2n) is 5.40. The predicted octanol–water partition coefficient (Wildman–Crippen LogP) is 1.53. The molecule has 0 aliphatic carbocycles. The van der Waals surface area contributed by atoms with Crippen molar-refractivity contribution in [3.8, 4) is 5.75 Å². The van der Waals surface area contributed by atoms with Crippen LogP contribution in [0.1, 0.15) is 22.8 Å². The van der Waals surface area contributed by atoms with Gasteiger partial charge in [0.2, 0.25) is 0 Å². The van der Waals surface area contributed by atoms with E-state index in [-0.39, 0.29) is 0 Å². The molecular weight excluding hydrogens is 256 g/mol. The number of carbonyl (C=O) groups is 1. The second kappa shape index (κ2) is 6.24. The van der Waals surface area contributed by atoms with Crippen molar-refractivity contribution in [3.05, 3.63) is 29.3 Å². The number of likely N-dealkylation sites (N-methyl/N-ethyl adjacent to an activating group) is 1. The summed E-state index contributed by atoms with van der Waals surface area (Å²) in [5, 5.41) is 9.09. The molecule has 1 saturated heterocycles. The maximum atomic E-state index is 11.1. The Hall–Kier alpha value is -1.59. The first kappa shape index (κ1) is 14.8. The van der Waals surface area contributed by atoms with Gasteiger partial charge < -0.3 is 14.7 Å². The van der Waals surface area contributed by atoms with E-state index in [1.54, 1.807) is 25.3 Å². The first-order valence-electron chi connectivity index (χ1n) is 6.84. The van der Waals surface area contributed by atoms with Crippen molar-refractivity contribution < 1.29 is 14.6 Å². The highest BCUT2D eigenvalue weighted by Gasteiger charge is 2.21. The Labute approximate surface area is 119 Å². The molecular formula is C15H22N2O3. The van der Waals surface area contributed by atoms with E-state index < -0.39 is 5.97 Å². The molecule has 1 atom stereocenters. The number of hydrogen-bond acceptors (Lipinski definition) is 4. The molecule has 1 aliphatic heterocycles. The van der Waals surface area contributed by atoms with Crippen molar-refractivity contribution in [2.45, 2.75) is 19.5 Å². The summed E-state index contributed by atoms with van der Waals surface area (Å²) in [4.78, 5) is 15.8. The smallest absolute Gasteiger partial charge is 0.335 e. The number of carboxylic acids is 1. The van der Waals surface area contributed by atoms with Crippen LogP contribution in [-0.4, -0.2) is 60.7 Å². The Balaban J connectivity index is 2.15. The molecule has 0 radical (unpaired) electrons. The maximum absolute atomic E-state index is 11.1. The zero-order valence-electron chi connectivity index (χ0n) is 12.3. The molecule has 1 aliphatic rings. The SMILES string of the molecule is COc1ccc(C(=O)O)cc1CN1CCN(C)C(C)C1. The van der Waals surface area contributed by atoms with Gasteiger partial charge in [-0.25, -0.2) is 4.79 Å². The largest absolute Gasteiger partial charge is 0.496 e. The molecule has 1 aromatic carbocycles.